The molecule has 1 unspecified atom stereocenters. The molecule has 96 valence electrons. The first kappa shape index (κ1) is 13.8. The molecule has 2 N–H and O–H groups in total. The minimum Gasteiger partial charge on any atom is -0.456 e. The Bertz CT molecular complexity index is 376. The number of carbonyl (C=O) groups excluding carboxylic acids is 1. The highest BCUT2D eigenvalue weighted by Gasteiger charge is 2.23. The Morgan fingerprint density at radius 3 is 2.59 bits per heavy atom. The van der Waals surface area contributed by atoms with Crippen molar-refractivity contribution in [1.29, 1.82) is 0 Å². The molecule has 0 aliphatic heterocycles. The Kier molecular flexibility index (Phi) is 4.34. The summed E-state index contributed by atoms with van der Waals surface area (Å²) in [6.45, 7) is 7.96. The van der Waals surface area contributed by atoms with Gasteiger partial charge in [-0.15, -0.1) is 0 Å². The van der Waals surface area contributed by atoms with Crippen LogP contribution in [0.4, 0.5) is 0 Å². The maximum absolute atomic E-state index is 11.7. The molecule has 0 spiro atoms. The molecule has 0 saturated carbocycles. The molecule has 0 aromatic carbocycles. The molecule has 1 heterocycles. The molecule has 0 radical (unpaired) electrons. The summed E-state index contributed by atoms with van der Waals surface area (Å²) in [7, 11) is 0. The molecule has 1 aromatic heterocycles. The summed E-state index contributed by atoms with van der Waals surface area (Å²) >= 11 is 0. The number of hydrogen-bond acceptors (Lipinski definition) is 3. The molecular formula is C13H21NO3. The van der Waals surface area contributed by atoms with Gasteiger partial charge in [0.2, 0.25) is 0 Å². The zero-order valence-corrected chi connectivity index (χ0v) is 10.9. The van der Waals surface area contributed by atoms with Crippen LogP contribution < -0.4 is 5.32 Å². The first-order chi connectivity index (χ1) is 7.84. The van der Waals surface area contributed by atoms with E-state index < -0.39 is 6.10 Å². The molecule has 1 rings (SSSR count). The van der Waals surface area contributed by atoms with E-state index in [0.29, 0.717) is 5.76 Å². The maximum Gasteiger partial charge on any atom is 0.287 e. The van der Waals surface area contributed by atoms with Crippen LogP contribution in [0.15, 0.2) is 16.5 Å². The summed E-state index contributed by atoms with van der Waals surface area (Å²) in [4.78, 5) is 11.7. The van der Waals surface area contributed by atoms with Gasteiger partial charge in [-0.1, -0.05) is 27.7 Å². The average Bonchev–Trinajstić information content (AvgIpc) is 2.72. The van der Waals surface area contributed by atoms with Crippen LogP contribution in [-0.4, -0.2) is 23.7 Å². The number of aryl methyl sites for hydroxylation is 1. The van der Waals surface area contributed by atoms with E-state index in [1.807, 2.05) is 27.7 Å². The van der Waals surface area contributed by atoms with Gasteiger partial charge in [0.05, 0.1) is 6.10 Å². The molecule has 0 saturated heterocycles. The Morgan fingerprint density at radius 1 is 1.47 bits per heavy atom. The first-order valence-electron chi connectivity index (χ1n) is 5.89. The smallest absolute Gasteiger partial charge is 0.287 e. The molecule has 0 bridgehead atoms. The Balaban J connectivity index is 2.50. The first-order valence-corrected chi connectivity index (χ1v) is 5.89. The summed E-state index contributed by atoms with van der Waals surface area (Å²) in [5, 5.41) is 12.4. The van der Waals surface area contributed by atoms with Crippen LogP contribution in [0, 0.1) is 5.41 Å². The number of furan rings is 1. The fraction of sp³-hybridized carbons (Fsp3) is 0.615. The lowest BCUT2D eigenvalue weighted by Crippen LogP contribution is -2.39. The quantitative estimate of drug-likeness (QED) is 0.844. The highest BCUT2D eigenvalue weighted by molar-refractivity contribution is 5.91. The predicted octanol–water partition coefficient (Wildman–Crippen LogP) is 1.98. The molecule has 0 fully saturated rings. The third-order valence-electron chi connectivity index (χ3n) is 2.69. The van der Waals surface area contributed by atoms with Crippen molar-refractivity contribution in [1.82, 2.24) is 5.32 Å². The van der Waals surface area contributed by atoms with Crippen molar-refractivity contribution in [2.24, 2.45) is 5.41 Å². The van der Waals surface area contributed by atoms with Gasteiger partial charge in [-0.05, 0) is 17.5 Å². The van der Waals surface area contributed by atoms with Crippen molar-refractivity contribution < 1.29 is 14.3 Å². The van der Waals surface area contributed by atoms with E-state index in [2.05, 4.69) is 5.32 Å². The zero-order valence-electron chi connectivity index (χ0n) is 10.9. The second-order valence-electron chi connectivity index (χ2n) is 5.21. The van der Waals surface area contributed by atoms with Crippen LogP contribution in [0.3, 0.4) is 0 Å². The van der Waals surface area contributed by atoms with Gasteiger partial charge in [-0.3, -0.25) is 4.79 Å². The number of amides is 1. The lowest BCUT2D eigenvalue weighted by Gasteiger charge is -2.25. The summed E-state index contributed by atoms with van der Waals surface area (Å²) in [6.07, 6.45) is 0.185. The molecule has 1 amide bonds. The number of hydrogen-bond donors (Lipinski definition) is 2. The number of carbonyl (C=O) groups is 1. The van der Waals surface area contributed by atoms with Gasteiger partial charge < -0.3 is 14.8 Å². The monoisotopic (exact) mass is 239 g/mol. The van der Waals surface area contributed by atoms with Gasteiger partial charge in [0.25, 0.3) is 5.91 Å². The Hall–Kier alpha value is -1.29. The van der Waals surface area contributed by atoms with Crippen molar-refractivity contribution in [3.05, 3.63) is 23.7 Å². The van der Waals surface area contributed by atoms with Gasteiger partial charge in [0, 0.05) is 13.0 Å². The van der Waals surface area contributed by atoms with Gasteiger partial charge in [0.15, 0.2) is 5.76 Å². The summed E-state index contributed by atoms with van der Waals surface area (Å²) < 4.78 is 5.32. The van der Waals surface area contributed by atoms with Gasteiger partial charge in [-0.2, -0.15) is 0 Å². The van der Waals surface area contributed by atoms with Crippen molar-refractivity contribution >= 4 is 5.91 Å². The van der Waals surface area contributed by atoms with Crippen LogP contribution in [0.1, 0.15) is 44.0 Å². The van der Waals surface area contributed by atoms with E-state index in [9.17, 15) is 9.90 Å². The van der Waals surface area contributed by atoms with E-state index in [4.69, 9.17) is 4.42 Å². The number of aliphatic hydroxyl groups excluding tert-OH is 1. The van der Waals surface area contributed by atoms with E-state index in [1.54, 1.807) is 12.1 Å². The van der Waals surface area contributed by atoms with Gasteiger partial charge in [0.1, 0.15) is 5.76 Å². The second kappa shape index (κ2) is 5.36. The van der Waals surface area contributed by atoms with Crippen molar-refractivity contribution in [3.63, 3.8) is 0 Å². The average molecular weight is 239 g/mol. The Labute approximate surface area is 102 Å². The number of aliphatic hydroxyl groups is 1. The maximum atomic E-state index is 11.7. The third-order valence-corrected chi connectivity index (χ3v) is 2.69. The van der Waals surface area contributed by atoms with Crippen molar-refractivity contribution in [2.75, 3.05) is 6.54 Å². The Morgan fingerprint density at radius 2 is 2.12 bits per heavy atom. The zero-order chi connectivity index (χ0) is 13.1. The van der Waals surface area contributed by atoms with Gasteiger partial charge >= 0.3 is 0 Å². The van der Waals surface area contributed by atoms with Crippen LogP contribution in [0.25, 0.3) is 0 Å². The van der Waals surface area contributed by atoms with E-state index in [1.165, 1.54) is 0 Å². The number of rotatable bonds is 4. The van der Waals surface area contributed by atoms with Crippen LogP contribution >= 0.6 is 0 Å². The van der Waals surface area contributed by atoms with Gasteiger partial charge in [-0.25, -0.2) is 0 Å². The summed E-state index contributed by atoms with van der Waals surface area (Å²) in [6, 6.07) is 3.44. The van der Waals surface area contributed by atoms with Crippen LogP contribution in [0.5, 0.6) is 0 Å². The molecular weight excluding hydrogens is 218 g/mol. The number of nitrogens with one attached hydrogen (secondary N) is 1. The van der Waals surface area contributed by atoms with Crippen LogP contribution in [-0.2, 0) is 6.42 Å². The second-order valence-corrected chi connectivity index (χ2v) is 5.21. The van der Waals surface area contributed by atoms with Crippen LogP contribution in [0.2, 0.25) is 0 Å². The minimum absolute atomic E-state index is 0.227. The molecule has 1 aromatic rings. The SMILES string of the molecule is CCc1ccc(C(=O)NCC(O)C(C)(C)C)o1. The molecule has 4 nitrogen and oxygen atoms in total. The minimum atomic E-state index is -0.577. The summed E-state index contributed by atoms with van der Waals surface area (Å²) in [5.41, 5.74) is -0.245. The highest BCUT2D eigenvalue weighted by atomic mass is 16.3. The lowest BCUT2D eigenvalue weighted by atomic mass is 9.89. The standard InChI is InChI=1S/C13H21NO3/c1-5-9-6-7-10(17-9)12(16)14-8-11(15)13(2,3)4/h6-7,11,15H,5,8H2,1-4H3,(H,14,16). The van der Waals surface area contributed by atoms with E-state index in [0.717, 1.165) is 12.2 Å². The molecule has 4 heteroatoms. The lowest BCUT2D eigenvalue weighted by molar-refractivity contribution is 0.0578. The molecule has 1 atom stereocenters. The summed E-state index contributed by atoms with van der Waals surface area (Å²) in [5.74, 6) is 0.794. The predicted molar refractivity (Wildman–Crippen MR) is 65.9 cm³/mol. The van der Waals surface area contributed by atoms with E-state index >= 15 is 0 Å². The topological polar surface area (TPSA) is 62.5 Å². The molecule has 0 aliphatic carbocycles. The molecule has 0 aliphatic rings. The largest absolute Gasteiger partial charge is 0.456 e. The normalized spacial score (nSPS) is 13.5. The molecule has 17 heavy (non-hydrogen) atoms. The fourth-order valence-electron chi connectivity index (χ4n) is 1.27. The highest BCUT2D eigenvalue weighted by Crippen LogP contribution is 2.18. The van der Waals surface area contributed by atoms with E-state index in [-0.39, 0.29) is 17.9 Å². The van der Waals surface area contributed by atoms with Crippen molar-refractivity contribution in [2.45, 2.75) is 40.2 Å². The fourth-order valence-corrected chi connectivity index (χ4v) is 1.27. The van der Waals surface area contributed by atoms with Crippen molar-refractivity contribution in [3.8, 4) is 0 Å². The third kappa shape index (κ3) is 3.89.